The van der Waals surface area contributed by atoms with Crippen molar-refractivity contribution in [3.05, 3.63) is 34.7 Å². The van der Waals surface area contributed by atoms with Crippen molar-refractivity contribution >= 4 is 0 Å². The van der Waals surface area contributed by atoms with E-state index >= 15 is 0 Å². The zero-order valence-electron chi connectivity index (χ0n) is 12.7. The van der Waals surface area contributed by atoms with Crippen LogP contribution in [-0.4, -0.2) is 41.2 Å². The molecule has 1 aliphatic heterocycles. The summed E-state index contributed by atoms with van der Waals surface area (Å²) in [7, 11) is 0. The van der Waals surface area contributed by atoms with Crippen LogP contribution in [0.1, 0.15) is 33.1 Å². The third-order valence-electron chi connectivity index (χ3n) is 4.26. The second kappa shape index (κ2) is 7.60. The van der Waals surface area contributed by atoms with Crippen LogP contribution in [0.15, 0.2) is 29.2 Å². The molecule has 1 aromatic rings. The molecule has 20 heavy (non-hydrogen) atoms. The first-order valence-electron chi connectivity index (χ1n) is 7.87. The number of rotatable bonds is 6. The Morgan fingerprint density at radius 1 is 1.30 bits per heavy atom. The highest BCUT2D eigenvalue weighted by molar-refractivity contribution is 4.93. The van der Waals surface area contributed by atoms with Crippen LogP contribution in [0.4, 0.5) is 0 Å². The van der Waals surface area contributed by atoms with Crippen molar-refractivity contribution in [2.24, 2.45) is 0 Å². The van der Waals surface area contributed by atoms with Crippen LogP contribution in [0.3, 0.4) is 0 Å². The largest absolute Gasteiger partial charge is 0.314 e. The number of aromatic nitrogens is 1. The Balaban J connectivity index is 1.96. The monoisotopic (exact) mass is 277 g/mol. The maximum Gasteiger partial charge on any atom is 0.250 e. The molecule has 1 aromatic heterocycles. The van der Waals surface area contributed by atoms with Gasteiger partial charge < -0.3 is 9.88 Å². The van der Waals surface area contributed by atoms with Crippen LogP contribution >= 0.6 is 0 Å². The van der Waals surface area contributed by atoms with E-state index in [1.54, 1.807) is 12.1 Å². The van der Waals surface area contributed by atoms with Crippen LogP contribution in [0, 0.1) is 0 Å². The number of hydrogen-bond donors (Lipinski definition) is 1. The van der Waals surface area contributed by atoms with E-state index in [-0.39, 0.29) is 5.56 Å². The van der Waals surface area contributed by atoms with Gasteiger partial charge in [0, 0.05) is 50.5 Å². The maximum atomic E-state index is 11.8. The van der Waals surface area contributed by atoms with Gasteiger partial charge in [-0.2, -0.15) is 0 Å². The summed E-state index contributed by atoms with van der Waals surface area (Å²) in [6.45, 7) is 8.41. The van der Waals surface area contributed by atoms with Crippen molar-refractivity contribution < 1.29 is 0 Å². The molecule has 0 amide bonds. The highest BCUT2D eigenvalue weighted by Crippen LogP contribution is 2.13. The Bertz CT molecular complexity index is 457. The van der Waals surface area contributed by atoms with Crippen molar-refractivity contribution in [2.45, 2.75) is 51.7 Å². The Kier molecular flexibility index (Phi) is 5.80. The van der Waals surface area contributed by atoms with E-state index in [1.165, 1.54) is 19.3 Å². The Morgan fingerprint density at radius 3 is 2.85 bits per heavy atom. The number of piperazine rings is 1. The molecule has 4 nitrogen and oxygen atoms in total. The van der Waals surface area contributed by atoms with Gasteiger partial charge in [0.25, 0.3) is 5.56 Å². The van der Waals surface area contributed by atoms with Gasteiger partial charge in [0.1, 0.15) is 0 Å². The fourth-order valence-corrected chi connectivity index (χ4v) is 2.98. The quantitative estimate of drug-likeness (QED) is 0.860. The molecule has 0 aliphatic carbocycles. The third-order valence-corrected chi connectivity index (χ3v) is 4.26. The Labute approximate surface area is 121 Å². The molecule has 1 saturated heterocycles. The van der Waals surface area contributed by atoms with Gasteiger partial charge in [0.15, 0.2) is 0 Å². The van der Waals surface area contributed by atoms with E-state index in [4.69, 9.17) is 0 Å². The van der Waals surface area contributed by atoms with E-state index < -0.39 is 0 Å². The summed E-state index contributed by atoms with van der Waals surface area (Å²) in [5.74, 6) is 0. The van der Waals surface area contributed by atoms with Crippen molar-refractivity contribution in [3.63, 3.8) is 0 Å². The summed E-state index contributed by atoms with van der Waals surface area (Å²) in [4.78, 5) is 14.3. The molecular weight excluding hydrogens is 250 g/mol. The normalized spacial score (nSPS) is 23.9. The zero-order valence-corrected chi connectivity index (χ0v) is 12.7. The van der Waals surface area contributed by atoms with Crippen LogP contribution in [0.2, 0.25) is 0 Å². The van der Waals surface area contributed by atoms with E-state index in [9.17, 15) is 4.79 Å². The lowest BCUT2D eigenvalue weighted by molar-refractivity contribution is 0.116. The Hall–Kier alpha value is -1.13. The van der Waals surface area contributed by atoms with Gasteiger partial charge in [-0.05, 0) is 18.9 Å². The highest BCUT2D eigenvalue weighted by Gasteiger charge is 2.25. The summed E-state index contributed by atoms with van der Waals surface area (Å²) in [5, 5.41) is 3.63. The average Bonchev–Trinajstić information content (AvgIpc) is 2.48. The van der Waals surface area contributed by atoms with Crippen LogP contribution < -0.4 is 10.9 Å². The predicted molar refractivity (Wildman–Crippen MR) is 83.1 cm³/mol. The lowest BCUT2D eigenvalue weighted by Crippen LogP contribution is -2.56. The highest BCUT2D eigenvalue weighted by atomic mass is 16.1. The molecule has 2 unspecified atom stereocenters. The van der Waals surface area contributed by atoms with Gasteiger partial charge in [-0.25, -0.2) is 0 Å². The minimum atomic E-state index is 0.0988. The molecule has 2 rings (SSSR count). The maximum absolute atomic E-state index is 11.8. The van der Waals surface area contributed by atoms with Gasteiger partial charge in [0.05, 0.1) is 0 Å². The SMILES string of the molecule is CCCC1CNC(CC)CN1CCn1ccccc1=O. The minimum absolute atomic E-state index is 0.0988. The van der Waals surface area contributed by atoms with Crippen LogP contribution in [-0.2, 0) is 6.54 Å². The van der Waals surface area contributed by atoms with E-state index in [0.29, 0.717) is 12.1 Å². The molecular formula is C16H27N3O. The first-order chi connectivity index (χ1) is 9.74. The minimum Gasteiger partial charge on any atom is -0.314 e. The average molecular weight is 277 g/mol. The fourth-order valence-electron chi connectivity index (χ4n) is 2.98. The van der Waals surface area contributed by atoms with E-state index in [0.717, 1.165) is 26.2 Å². The first-order valence-corrected chi connectivity index (χ1v) is 7.87. The van der Waals surface area contributed by atoms with Crippen LogP contribution in [0.25, 0.3) is 0 Å². The topological polar surface area (TPSA) is 37.3 Å². The summed E-state index contributed by atoms with van der Waals surface area (Å²) < 4.78 is 1.81. The lowest BCUT2D eigenvalue weighted by atomic mass is 10.0. The molecule has 0 bridgehead atoms. The summed E-state index contributed by atoms with van der Waals surface area (Å²) in [6.07, 6.45) is 5.50. The van der Waals surface area contributed by atoms with Crippen molar-refractivity contribution in [1.82, 2.24) is 14.8 Å². The molecule has 0 radical (unpaired) electrons. The van der Waals surface area contributed by atoms with Crippen LogP contribution in [0.5, 0.6) is 0 Å². The third kappa shape index (κ3) is 3.93. The molecule has 1 aliphatic rings. The molecule has 0 spiro atoms. The molecule has 0 aromatic carbocycles. The zero-order chi connectivity index (χ0) is 14.4. The standard InChI is InChI=1S/C16H27N3O/c1-3-7-15-12-17-14(4-2)13-19(15)11-10-18-9-6-5-8-16(18)20/h5-6,8-9,14-15,17H,3-4,7,10-13H2,1-2H3. The van der Waals surface area contributed by atoms with Gasteiger partial charge in [-0.3, -0.25) is 9.69 Å². The predicted octanol–water partition coefficient (Wildman–Crippen LogP) is 1.70. The molecule has 0 saturated carbocycles. The smallest absolute Gasteiger partial charge is 0.250 e. The molecule has 2 heterocycles. The van der Waals surface area contributed by atoms with E-state index in [1.807, 2.05) is 16.8 Å². The van der Waals surface area contributed by atoms with E-state index in [2.05, 4.69) is 24.1 Å². The fraction of sp³-hybridized carbons (Fsp3) is 0.688. The number of nitrogens with zero attached hydrogens (tertiary/aromatic N) is 2. The molecule has 2 atom stereocenters. The molecule has 4 heteroatoms. The number of nitrogens with one attached hydrogen (secondary N) is 1. The summed E-state index contributed by atoms with van der Waals surface area (Å²) >= 11 is 0. The van der Waals surface area contributed by atoms with Gasteiger partial charge in [-0.15, -0.1) is 0 Å². The number of pyridine rings is 1. The summed E-state index contributed by atoms with van der Waals surface area (Å²) in [6, 6.07) is 6.57. The van der Waals surface area contributed by atoms with Crippen molar-refractivity contribution in [3.8, 4) is 0 Å². The lowest BCUT2D eigenvalue weighted by Gasteiger charge is -2.40. The second-order valence-corrected chi connectivity index (χ2v) is 5.68. The van der Waals surface area contributed by atoms with Crippen molar-refractivity contribution in [1.29, 1.82) is 0 Å². The molecule has 1 N–H and O–H groups in total. The molecule has 1 fully saturated rings. The summed E-state index contributed by atoms with van der Waals surface area (Å²) in [5.41, 5.74) is 0.0988. The first kappa shape index (κ1) is 15.3. The van der Waals surface area contributed by atoms with Gasteiger partial charge in [0.2, 0.25) is 0 Å². The second-order valence-electron chi connectivity index (χ2n) is 5.68. The van der Waals surface area contributed by atoms with Gasteiger partial charge >= 0.3 is 0 Å². The Morgan fingerprint density at radius 2 is 2.15 bits per heavy atom. The van der Waals surface area contributed by atoms with Crippen molar-refractivity contribution in [2.75, 3.05) is 19.6 Å². The van der Waals surface area contributed by atoms with Gasteiger partial charge in [-0.1, -0.05) is 26.3 Å². The number of hydrogen-bond acceptors (Lipinski definition) is 3. The molecule has 112 valence electrons.